The van der Waals surface area contributed by atoms with Gasteiger partial charge >= 0.3 is 0 Å². The Morgan fingerprint density at radius 2 is 1.92 bits per heavy atom. The van der Waals surface area contributed by atoms with Crippen LogP contribution in [0.4, 0.5) is 0 Å². The molecule has 1 rings (SSSR count). The predicted molar refractivity (Wildman–Crippen MR) is 44.2 cm³/mol. The zero-order valence-electron chi connectivity index (χ0n) is 7.75. The molecule has 3 N–H and O–H groups in total. The first-order chi connectivity index (χ1) is 6.11. The van der Waals surface area contributed by atoms with Crippen molar-refractivity contribution >= 4 is 0 Å². The Hall–Kier alpha value is -0.200. The van der Waals surface area contributed by atoms with Crippen LogP contribution >= 0.6 is 0 Å². The molecule has 1 aliphatic rings. The van der Waals surface area contributed by atoms with E-state index >= 15 is 0 Å². The Morgan fingerprint density at radius 3 is 2.38 bits per heavy atom. The second-order valence-corrected chi connectivity index (χ2v) is 3.24. The fourth-order valence-electron chi connectivity index (χ4n) is 1.55. The fourth-order valence-corrected chi connectivity index (χ4v) is 1.55. The van der Waals surface area contributed by atoms with Crippen LogP contribution in [0.25, 0.3) is 0 Å². The molecule has 5 atom stereocenters. The van der Waals surface area contributed by atoms with Crippen LogP contribution in [-0.4, -0.2) is 59.6 Å². The fraction of sp³-hybridized carbons (Fsp3) is 1.00. The number of ether oxygens (including phenoxy) is 2. The van der Waals surface area contributed by atoms with Crippen molar-refractivity contribution in [1.82, 2.24) is 0 Å². The van der Waals surface area contributed by atoms with Crippen molar-refractivity contribution in [2.24, 2.45) is 0 Å². The molecular weight excluding hydrogens is 176 g/mol. The molecule has 0 saturated carbocycles. The van der Waals surface area contributed by atoms with Gasteiger partial charge in [-0.25, -0.2) is 0 Å². The highest BCUT2D eigenvalue weighted by Crippen LogP contribution is 2.22. The van der Waals surface area contributed by atoms with Crippen molar-refractivity contribution in [1.29, 1.82) is 0 Å². The third kappa shape index (κ3) is 2.00. The van der Waals surface area contributed by atoms with E-state index in [1.807, 2.05) is 0 Å². The van der Waals surface area contributed by atoms with Crippen LogP contribution in [0.5, 0.6) is 0 Å². The van der Waals surface area contributed by atoms with Crippen molar-refractivity contribution in [3.63, 3.8) is 0 Å². The minimum atomic E-state index is -0.985. The zero-order chi connectivity index (χ0) is 10.0. The third-order valence-corrected chi connectivity index (χ3v) is 2.38. The van der Waals surface area contributed by atoms with Gasteiger partial charge in [0.15, 0.2) is 0 Å². The molecule has 0 aromatic heterocycles. The smallest absolute Gasteiger partial charge is 0.114 e. The summed E-state index contributed by atoms with van der Waals surface area (Å²) in [4.78, 5) is 0. The summed E-state index contributed by atoms with van der Waals surface area (Å²) in [7, 11) is 1.41. The van der Waals surface area contributed by atoms with Crippen LogP contribution < -0.4 is 0 Å². The van der Waals surface area contributed by atoms with E-state index in [0.717, 1.165) is 0 Å². The van der Waals surface area contributed by atoms with E-state index < -0.39 is 30.5 Å². The van der Waals surface area contributed by atoms with E-state index in [1.165, 1.54) is 7.11 Å². The number of aliphatic hydroxyl groups is 3. The average molecular weight is 192 g/mol. The van der Waals surface area contributed by atoms with E-state index in [1.54, 1.807) is 6.92 Å². The molecule has 1 fully saturated rings. The Labute approximate surface area is 76.9 Å². The molecule has 0 spiro atoms. The van der Waals surface area contributed by atoms with Gasteiger partial charge in [-0.2, -0.15) is 0 Å². The van der Waals surface area contributed by atoms with Crippen molar-refractivity contribution in [3.8, 4) is 0 Å². The second-order valence-electron chi connectivity index (χ2n) is 3.24. The van der Waals surface area contributed by atoms with E-state index in [4.69, 9.17) is 14.6 Å². The van der Waals surface area contributed by atoms with Crippen LogP contribution in [0.2, 0.25) is 0 Å². The molecule has 0 radical (unpaired) electrons. The molecule has 5 nitrogen and oxygen atoms in total. The van der Waals surface area contributed by atoms with Crippen molar-refractivity contribution in [3.05, 3.63) is 0 Å². The van der Waals surface area contributed by atoms with Crippen molar-refractivity contribution in [2.75, 3.05) is 13.7 Å². The molecule has 0 aromatic carbocycles. The maximum absolute atomic E-state index is 9.55. The van der Waals surface area contributed by atoms with Gasteiger partial charge in [0, 0.05) is 7.11 Å². The summed E-state index contributed by atoms with van der Waals surface area (Å²) in [6.45, 7) is 1.39. The van der Waals surface area contributed by atoms with E-state index in [-0.39, 0.29) is 6.61 Å². The van der Waals surface area contributed by atoms with Gasteiger partial charge in [0.2, 0.25) is 0 Å². The van der Waals surface area contributed by atoms with Gasteiger partial charge in [-0.3, -0.25) is 0 Å². The molecule has 0 amide bonds. The van der Waals surface area contributed by atoms with Gasteiger partial charge in [-0.05, 0) is 6.92 Å². The molecule has 78 valence electrons. The van der Waals surface area contributed by atoms with E-state index in [0.29, 0.717) is 0 Å². The molecular formula is C8H16O5. The number of aliphatic hydroxyl groups excluding tert-OH is 3. The number of hydrogen-bond donors (Lipinski definition) is 3. The summed E-state index contributed by atoms with van der Waals surface area (Å²) in [5.74, 6) is 0. The minimum absolute atomic E-state index is 0.280. The van der Waals surface area contributed by atoms with Crippen LogP contribution in [0.3, 0.4) is 0 Å². The molecule has 1 aliphatic heterocycles. The first-order valence-electron chi connectivity index (χ1n) is 4.27. The van der Waals surface area contributed by atoms with Gasteiger partial charge < -0.3 is 24.8 Å². The van der Waals surface area contributed by atoms with Crippen LogP contribution in [-0.2, 0) is 9.47 Å². The summed E-state index contributed by atoms with van der Waals surface area (Å²) >= 11 is 0. The molecule has 0 bridgehead atoms. The predicted octanol–water partition coefficient (Wildman–Crippen LogP) is -1.50. The van der Waals surface area contributed by atoms with Crippen LogP contribution in [0, 0.1) is 0 Å². The number of hydrogen-bond acceptors (Lipinski definition) is 5. The van der Waals surface area contributed by atoms with Crippen LogP contribution in [0.1, 0.15) is 6.92 Å². The normalized spacial score (nSPS) is 46.4. The van der Waals surface area contributed by atoms with Crippen LogP contribution in [0.15, 0.2) is 0 Å². The first-order valence-corrected chi connectivity index (χ1v) is 4.27. The molecule has 1 heterocycles. The molecule has 0 aromatic rings. The molecule has 0 aliphatic carbocycles. The Morgan fingerprint density at radius 1 is 1.31 bits per heavy atom. The highest BCUT2D eigenvalue weighted by Gasteiger charge is 2.42. The number of methoxy groups -OCH3 is 1. The van der Waals surface area contributed by atoms with Gasteiger partial charge in [0.05, 0.1) is 12.7 Å². The van der Waals surface area contributed by atoms with E-state index in [2.05, 4.69) is 0 Å². The largest absolute Gasteiger partial charge is 0.394 e. The Bertz CT molecular complexity index is 163. The second kappa shape index (κ2) is 4.34. The standard InChI is InChI=1S/C8H16O5/c1-4-6(10)8(12-2)7(11)5(3-9)13-4/h4-11H,3H2,1-2H3. The highest BCUT2D eigenvalue weighted by atomic mass is 16.6. The SMILES string of the molecule is COC1C(O)C(C)OC(CO)C1O. The monoisotopic (exact) mass is 192 g/mol. The third-order valence-electron chi connectivity index (χ3n) is 2.38. The van der Waals surface area contributed by atoms with Gasteiger partial charge in [-0.1, -0.05) is 0 Å². The first kappa shape index (κ1) is 10.9. The summed E-state index contributed by atoms with van der Waals surface area (Å²) in [6.07, 6.45) is -3.65. The minimum Gasteiger partial charge on any atom is -0.394 e. The maximum atomic E-state index is 9.55. The van der Waals surface area contributed by atoms with Gasteiger partial charge in [0.25, 0.3) is 0 Å². The quantitative estimate of drug-likeness (QED) is 0.496. The summed E-state index contributed by atoms with van der Waals surface area (Å²) < 4.78 is 10.1. The highest BCUT2D eigenvalue weighted by molar-refractivity contribution is 4.91. The number of rotatable bonds is 2. The average Bonchev–Trinajstić information content (AvgIpc) is 2.12. The molecule has 1 saturated heterocycles. The van der Waals surface area contributed by atoms with Gasteiger partial charge in [0.1, 0.15) is 24.4 Å². The Balaban J connectivity index is 2.69. The maximum Gasteiger partial charge on any atom is 0.114 e. The topological polar surface area (TPSA) is 79.2 Å². The molecule has 5 heteroatoms. The molecule has 5 unspecified atom stereocenters. The Kier molecular flexibility index (Phi) is 3.63. The summed E-state index contributed by atoms with van der Waals surface area (Å²) in [6, 6.07) is 0. The lowest BCUT2D eigenvalue weighted by atomic mass is 9.96. The summed E-state index contributed by atoms with van der Waals surface area (Å²) in [5, 5.41) is 27.9. The zero-order valence-corrected chi connectivity index (χ0v) is 7.75. The lowest BCUT2D eigenvalue weighted by molar-refractivity contribution is -0.231. The summed E-state index contributed by atoms with van der Waals surface area (Å²) in [5.41, 5.74) is 0. The van der Waals surface area contributed by atoms with E-state index in [9.17, 15) is 10.2 Å². The molecule has 13 heavy (non-hydrogen) atoms. The van der Waals surface area contributed by atoms with Crippen molar-refractivity contribution < 1.29 is 24.8 Å². The lowest BCUT2D eigenvalue weighted by Gasteiger charge is -2.40. The lowest BCUT2D eigenvalue weighted by Crippen LogP contribution is -2.58. The van der Waals surface area contributed by atoms with Crippen molar-refractivity contribution in [2.45, 2.75) is 37.4 Å². The van der Waals surface area contributed by atoms with Gasteiger partial charge in [-0.15, -0.1) is 0 Å².